The summed E-state index contributed by atoms with van der Waals surface area (Å²) in [5.74, 6) is 0.642. The number of pyridine rings is 1. The molecule has 1 aliphatic heterocycles. The molecule has 1 amide bonds. The van der Waals surface area contributed by atoms with Crippen molar-refractivity contribution in [2.45, 2.75) is 0 Å². The molecule has 1 aromatic heterocycles. The van der Waals surface area contributed by atoms with E-state index < -0.39 is 0 Å². The number of methoxy groups -OCH3 is 1. The van der Waals surface area contributed by atoms with Crippen molar-refractivity contribution < 1.29 is 14.3 Å². The molecule has 1 aliphatic rings. The maximum Gasteiger partial charge on any atom is 0.247 e. The van der Waals surface area contributed by atoms with Gasteiger partial charge in [-0.2, -0.15) is 4.98 Å². The molecule has 1 aromatic rings. The molecule has 7 heteroatoms. The van der Waals surface area contributed by atoms with Crippen LogP contribution in [0.15, 0.2) is 18.7 Å². The van der Waals surface area contributed by atoms with E-state index >= 15 is 0 Å². The Bertz CT molecular complexity index is 513. The maximum atomic E-state index is 11.5. The summed E-state index contributed by atoms with van der Waals surface area (Å²) >= 11 is 0. The van der Waals surface area contributed by atoms with E-state index in [0.29, 0.717) is 49.4 Å². The van der Waals surface area contributed by atoms with E-state index in [1.54, 1.807) is 6.07 Å². The average Bonchev–Trinajstić information content (AvgIpc) is 2.48. The van der Waals surface area contributed by atoms with Gasteiger partial charge in [0.25, 0.3) is 0 Å². The lowest BCUT2D eigenvalue weighted by Crippen LogP contribution is -2.37. The number of hydrogen-bond donors (Lipinski definition) is 2. The van der Waals surface area contributed by atoms with Gasteiger partial charge in [0.05, 0.1) is 31.7 Å². The number of nitrogens with zero attached hydrogens (tertiary/aromatic N) is 2. The number of amides is 1. The van der Waals surface area contributed by atoms with Crippen LogP contribution in [0.25, 0.3) is 0 Å². The first-order valence-corrected chi connectivity index (χ1v) is 6.26. The predicted molar refractivity (Wildman–Crippen MR) is 77.1 cm³/mol. The molecule has 3 N–H and O–H groups in total. The summed E-state index contributed by atoms with van der Waals surface area (Å²) < 4.78 is 10.5. The molecule has 108 valence electrons. The first kappa shape index (κ1) is 14.1. The summed E-state index contributed by atoms with van der Waals surface area (Å²) in [5.41, 5.74) is 6.74. The summed E-state index contributed by atoms with van der Waals surface area (Å²) in [5, 5.41) is 2.71. The van der Waals surface area contributed by atoms with Crippen molar-refractivity contribution in [2.24, 2.45) is 0 Å². The van der Waals surface area contributed by atoms with Gasteiger partial charge in [0.2, 0.25) is 11.8 Å². The second-order valence-corrected chi connectivity index (χ2v) is 4.25. The number of nitrogens with one attached hydrogen (secondary N) is 1. The van der Waals surface area contributed by atoms with Gasteiger partial charge in [0.15, 0.2) is 5.82 Å². The van der Waals surface area contributed by atoms with E-state index in [-0.39, 0.29) is 5.91 Å². The SMILES string of the molecule is C=CC(=O)Nc1cc(N)c(OC)nc1N1CCOCC1. The number of carbonyl (C=O) groups is 1. The Labute approximate surface area is 117 Å². The lowest BCUT2D eigenvalue weighted by Gasteiger charge is -2.29. The largest absolute Gasteiger partial charge is 0.479 e. The van der Waals surface area contributed by atoms with Crippen molar-refractivity contribution in [1.29, 1.82) is 0 Å². The molecule has 0 unspecified atom stereocenters. The fraction of sp³-hybridized carbons (Fsp3) is 0.385. The van der Waals surface area contributed by atoms with E-state index in [2.05, 4.69) is 16.9 Å². The summed E-state index contributed by atoms with van der Waals surface area (Å²) in [4.78, 5) is 17.9. The molecule has 1 fully saturated rings. The molecule has 0 aromatic carbocycles. The number of rotatable bonds is 4. The monoisotopic (exact) mass is 278 g/mol. The van der Waals surface area contributed by atoms with Gasteiger partial charge in [-0.05, 0) is 12.1 Å². The van der Waals surface area contributed by atoms with Crippen LogP contribution in [0.4, 0.5) is 17.2 Å². The molecule has 0 saturated carbocycles. The zero-order valence-corrected chi connectivity index (χ0v) is 11.4. The second-order valence-electron chi connectivity index (χ2n) is 4.25. The van der Waals surface area contributed by atoms with Crippen molar-refractivity contribution in [3.05, 3.63) is 18.7 Å². The third-order valence-electron chi connectivity index (χ3n) is 2.94. The first-order chi connectivity index (χ1) is 9.65. The van der Waals surface area contributed by atoms with Gasteiger partial charge in [-0.1, -0.05) is 6.58 Å². The molecule has 2 rings (SSSR count). The molecule has 1 saturated heterocycles. The van der Waals surface area contributed by atoms with Crippen LogP contribution in [-0.4, -0.2) is 44.3 Å². The highest BCUT2D eigenvalue weighted by Gasteiger charge is 2.19. The van der Waals surface area contributed by atoms with Gasteiger partial charge in [0.1, 0.15) is 0 Å². The molecule has 20 heavy (non-hydrogen) atoms. The van der Waals surface area contributed by atoms with Crippen molar-refractivity contribution in [1.82, 2.24) is 4.98 Å². The van der Waals surface area contributed by atoms with Gasteiger partial charge in [-0.15, -0.1) is 0 Å². The number of hydrogen-bond acceptors (Lipinski definition) is 6. The summed E-state index contributed by atoms with van der Waals surface area (Å²) in [6, 6.07) is 1.64. The fourth-order valence-electron chi connectivity index (χ4n) is 1.96. The van der Waals surface area contributed by atoms with Crippen LogP contribution in [0.2, 0.25) is 0 Å². The Morgan fingerprint density at radius 2 is 2.30 bits per heavy atom. The Morgan fingerprint density at radius 3 is 2.90 bits per heavy atom. The zero-order chi connectivity index (χ0) is 14.5. The molecule has 7 nitrogen and oxygen atoms in total. The third-order valence-corrected chi connectivity index (χ3v) is 2.94. The molecule has 0 aliphatic carbocycles. The van der Waals surface area contributed by atoms with Crippen LogP contribution in [0, 0.1) is 0 Å². The zero-order valence-electron chi connectivity index (χ0n) is 11.4. The minimum absolute atomic E-state index is 0.314. The molecule has 0 bridgehead atoms. The van der Waals surface area contributed by atoms with Crippen LogP contribution >= 0.6 is 0 Å². The van der Waals surface area contributed by atoms with Gasteiger partial charge >= 0.3 is 0 Å². The first-order valence-electron chi connectivity index (χ1n) is 6.26. The quantitative estimate of drug-likeness (QED) is 0.785. The minimum atomic E-state index is -0.314. The minimum Gasteiger partial charge on any atom is -0.479 e. The molecule has 0 radical (unpaired) electrons. The summed E-state index contributed by atoms with van der Waals surface area (Å²) in [6.45, 7) is 6.04. The highest BCUT2D eigenvalue weighted by Crippen LogP contribution is 2.32. The van der Waals surface area contributed by atoms with E-state index in [4.69, 9.17) is 15.2 Å². The van der Waals surface area contributed by atoms with Gasteiger partial charge < -0.3 is 25.4 Å². The summed E-state index contributed by atoms with van der Waals surface area (Å²) in [7, 11) is 1.50. The van der Waals surface area contributed by atoms with Crippen LogP contribution in [0.3, 0.4) is 0 Å². The highest BCUT2D eigenvalue weighted by atomic mass is 16.5. The number of morpholine rings is 1. The Balaban J connectivity index is 2.38. The Morgan fingerprint density at radius 1 is 1.60 bits per heavy atom. The van der Waals surface area contributed by atoms with Crippen LogP contribution < -0.4 is 20.7 Å². The normalized spacial score (nSPS) is 14.8. The van der Waals surface area contributed by atoms with E-state index in [9.17, 15) is 4.79 Å². The van der Waals surface area contributed by atoms with Crippen molar-refractivity contribution in [3.8, 4) is 5.88 Å². The van der Waals surface area contributed by atoms with Gasteiger partial charge in [-0.25, -0.2) is 0 Å². The second kappa shape index (κ2) is 6.25. The van der Waals surface area contributed by atoms with E-state index in [1.165, 1.54) is 13.2 Å². The molecule has 0 atom stereocenters. The number of aromatic nitrogens is 1. The lowest BCUT2D eigenvalue weighted by atomic mass is 10.3. The number of ether oxygens (including phenoxy) is 2. The van der Waals surface area contributed by atoms with Gasteiger partial charge in [0, 0.05) is 13.1 Å². The standard InChI is InChI=1S/C13H18N4O3/c1-3-11(18)15-10-8-9(14)13(19-2)16-12(10)17-4-6-20-7-5-17/h3,8H,1,4-7,14H2,2H3,(H,15,18). The number of anilines is 3. The van der Waals surface area contributed by atoms with Crippen molar-refractivity contribution in [3.63, 3.8) is 0 Å². The molecular weight excluding hydrogens is 260 g/mol. The topological polar surface area (TPSA) is 89.7 Å². The number of nitrogens with two attached hydrogens (primary N) is 1. The lowest BCUT2D eigenvalue weighted by molar-refractivity contribution is -0.111. The highest BCUT2D eigenvalue weighted by molar-refractivity contribution is 6.01. The van der Waals surface area contributed by atoms with Crippen molar-refractivity contribution >= 4 is 23.1 Å². The van der Waals surface area contributed by atoms with E-state index in [0.717, 1.165) is 0 Å². The number of nitrogen functional groups attached to an aromatic ring is 1. The molecule has 2 heterocycles. The predicted octanol–water partition coefficient (Wildman–Crippen LogP) is 0.633. The fourth-order valence-corrected chi connectivity index (χ4v) is 1.96. The molecular formula is C13H18N4O3. The van der Waals surface area contributed by atoms with Crippen LogP contribution in [0.1, 0.15) is 0 Å². The third kappa shape index (κ3) is 3.00. The smallest absolute Gasteiger partial charge is 0.247 e. The average molecular weight is 278 g/mol. The maximum absolute atomic E-state index is 11.5. The number of carbonyl (C=O) groups excluding carboxylic acids is 1. The van der Waals surface area contributed by atoms with E-state index in [1.807, 2.05) is 4.90 Å². The Hall–Kier alpha value is -2.28. The molecule has 0 spiro atoms. The van der Waals surface area contributed by atoms with Crippen molar-refractivity contribution in [2.75, 3.05) is 49.4 Å². The van der Waals surface area contributed by atoms with Crippen LogP contribution in [0.5, 0.6) is 5.88 Å². The van der Waals surface area contributed by atoms with Crippen LogP contribution in [-0.2, 0) is 9.53 Å². The summed E-state index contributed by atoms with van der Waals surface area (Å²) in [6.07, 6.45) is 1.20. The Kier molecular flexibility index (Phi) is 4.41. The van der Waals surface area contributed by atoms with Gasteiger partial charge in [-0.3, -0.25) is 4.79 Å².